The van der Waals surface area contributed by atoms with Crippen LogP contribution in [0, 0.1) is 5.82 Å². The van der Waals surface area contributed by atoms with E-state index < -0.39 is 6.04 Å². The second-order valence-corrected chi connectivity index (χ2v) is 7.96. The van der Waals surface area contributed by atoms with E-state index >= 15 is 0 Å². The number of halogens is 1. The Morgan fingerprint density at radius 1 is 1.13 bits per heavy atom. The van der Waals surface area contributed by atoms with Gasteiger partial charge in [-0.1, -0.05) is 48.9 Å². The molecule has 4 rings (SSSR count). The fourth-order valence-electron chi connectivity index (χ4n) is 4.20. The summed E-state index contributed by atoms with van der Waals surface area (Å²) in [7, 11) is 0. The van der Waals surface area contributed by atoms with Gasteiger partial charge in [0, 0.05) is 19.5 Å². The predicted octanol–water partition coefficient (Wildman–Crippen LogP) is 3.55. The number of nitrogens with zero attached hydrogens (tertiary/aromatic N) is 4. The Labute approximate surface area is 180 Å². The van der Waals surface area contributed by atoms with Crippen molar-refractivity contribution in [1.29, 1.82) is 0 Å². The van der Waals surface area contributed by atoms with Crippen molar-refractivity contribution in [3.63, 3.8) is 0 Å². The monoisotopic (exact) mass is 422 g/mol. The molecule has 0 saturated heterocycles. The van der Waals surface area contributed by atoms with Crippen LogP contribution in [-0.4, -0.2) is 31.7 Å². The van der Waals surface area contributed by atoms with E-state index in [4.69, 9.17) is 0 Å². The molecule has 1 aliphatic rings. The van der Waals surface area contributed by atoms with Gasteiger partial charge in [-0.2, -0.15) is 5.10 Å². The highest BCUT2D eigenvalue weighted by Gasteiger charge is 2.31. The number of aromatic nitrogens is 3. The first-order valence-corrected chi connectivity index (χ1v) is 10.8. The van der Waals surface area contributed by atoms with Crippen molar-refractivity contribution in [2.75, 3.05) is 6.54 Å². The summed E-state index contributed by atoms with van der Waals surface area (Å²) in [6.07, 6.45) is 3.01. The van der Waals surface area contributed by atoms with Crippen molar-refractivity contribution in [1.82, 2.24) is 19.2 Å². The van der Waals surface area contributed by atoms with Crippen LogP contribution in [0.2, 0.25) is 0 Å². The van der Waals surface area contributed by atoms with Crippen LogP contribution in [0.5, 0.6) is 0 Å². The molecule has 1 aliphatic heterocycles. The number of benzene rings is 2. The number of amides is 1. The molecule has 0 fully saturated rings. The van der Waals surface area contributed by atoms with Crippen LogP contribution in [0.25, 0.3) is 0 Å². The molecule has 162 valence electrons. The summed E-state index contributed by atoms with van der Waals surface area (Å²) < 4.78 is 16.5. The number of hydrogen-bond donors (Lipinski definition) is 0. The van der Waals surface area contributed by atoms with Crippen molar-refractivity contribution in [3.05, 3.63) is 87.9 Å². The van der Waals surface area contributed by atoms with Gasteiger partial charge in [0.05, 0.1) is 6.54 Å². The molecule has 0 radical (unpaired) electrons. The number of carbonyl (C=O) groups excluding carboxylic acids is 1. The van der Waals surface area contributed by atoms with Gasteiger partial charge in [-0.15, -0.1) is 0 Å². The summed E-state index contributed by atoms with van der Waals surface area (Å²) in [4.78, 5) is 28.5. The molecule has 0 aliphatic carbocycles. The number of likely N-dealkylation sites (N-methyl/N-ethyl adjacent to an activating group) is 1. The molecule has 7 heteroatoms. The third kappa shape index (κ3) is 4.60. The van der Waals surface area contributed by atoms with Gasteiger partial charge < -0.3 is 4.90 Å². The van der Waals surface area contributed by atoms with E-state index in [9.17, 15) is 14.0 Å². The summed E-state index contributed by atoms with van der Waals surface area (Å²) >= 11 is 0. The maximum atomic E-state index is 13.6. The number of aryl methyl sites for hydroxylation is 1. The molecule has 1 unspecified atom stereocenters. The minimum Gasteiger partial charge on any atom is -0.337 e. The van der Waals surface area contributed by atoms with E-state index in [1.165, 1.54) is 16.8 Å². The van der Waals surface area contributed by atoms with Gasteiger partial charge in [-0.05, 0) is 43.0 Å². The zero-order valence-corrected chi connectivity index (χ0v) is 17.7. The average molecular weight is 423 g/mol. The highest BCUT2D eigenvalue weighted by Crippen LogP contribution is 2.24. The molecule has 0 spiro atoms. The number of carbonyl (C=O) groups is 1. The summed E-state index contributed by atoms with van der Waals surface area (Å²) in [5, 5.41) is 4.51. The van der Waals surface area contributed by atoms with E-state index in [1.807, 2.05) is 37.3 Å². The molecule has 0 bridgehead atoms. The molecular weight excluding hydrogens is 395 g/mol. The lowest BCUT2D eigenvalue weighted by Gasteiger charge is -2.26. The number of rotatable bonds is 6. The lowest BCUT2D eigenvalue weighted by Crippen LogP contribution is -2.40. The zero-order chi connectivity index (χ0) is 21.8. The molecule has 1 aromatic heterocycles. The lowest BCUT2D eigenvalue weighted by molar-refractivity contribution is -0.135. The first-order valence-electron chi connectivity index (χ1n) is 10.8. The molecular formula is C24H27FN4O2. The highest BCUT2D eigenvalue weighted by atomic mass is 19.1. The summed E-state index contributed by atoms with van der Waals surface area (Å²) in [5.74, 6) is 0.230. The predicted molar refractivity (Wildman–Crippen MR) is 116 cm³/mol. The quantitative estimate of drug-likeness (QED) is 0.610. The third-order valence-electron chi connectivity index (χ3n) is 5.80. The average Bonchev–Trinajstić information content (AvgIpc) is 2.94. The van der Waals surface area contributed by atoms with E-state index in [0.29, 0.717) is 37.3 Å². The molecule has 0 N–H and O–H groups in total. The maximum absolute atomic E-state index is 13.6. The van der Waals surface area contributed by atoms with Crippen LogP contribution in [0.3, 0.4) is 0 Å². The molecule has 2 aromatic carbocycles. The van der Waals surface area contributed by atoms with Crippen LogP contribution in [-0.2, 0) is 24.3 Å². The molecule has 6 nitrogen and oxygen atoms in total. The van der Waals surface area contributed by atoms with Crippen molar-refractivity contribution in [2.24, 2.45) is 0 Å². The van der Waals surface area contributed by atoms with Crippen LogP contribution in [0.4, 0.5) is 4.39 Å². The smallest absolute Gasteiger partial charge is 0.337 e. The van der Waals surface area contributed by atoms with Crippen molar-refractivity contribution in [2.45, 2.75) is 51.7 Å². The van der Waals surface area contributed by atoms with E-state index in [1.54, 1.807) is 21.6 Å². The van der Waals surface area contributed by atoms with Gasteiger partial charge in [0.25, 0.3) is 0 Å². The van der Waals surface area contributed by atoms with Gasteiger partial charge >= 0.3 is 5.69 Å². The maximum Gasteiger partial charge on any atom is 0.346 e. The number of hydrogen-bond acceptors (Lipinski definition) is 3. The van der Waals surface area contributed by atoms with Crippen LogP contribution >= 0.6 is 0 Å². The van der Waals surface area contributed by atoms with Crippen molar-refractivity contribution in [3.8, 4) is 0 Å². The fraction of sp³-hybridized carbons (Fsp3) is 0.375. The Balaban J connectivity index is 1.63. The Hall–Kier alpha value is -3.22. The second kappa shape index (κ2) is 9.29. The first-order chi connectivity index (χ1) is 15.1. The zero-order valence-electron chi connectivity index (χ0n) is 17.7. The molecule has 0 saturated carbocycles. The van der Waals surface area contributed by atoms with Crippen molar-refractivity contribution < 1.29 is 9.18 Å². The largest absolute Gasteiger partial charge is 0.346 e. The molecule has 2 heterocycles. The van der Waals surface area contributed by atoms with Crippen LogP contribution in [0.1, 0.15) is 49.2 Å². The molecule has 1 amide bonds. The van der Waals surface area contributed by atoms with Crippen molar-refractivity contribution >= 4 is 5.91 Å². The highest BCUT2D eigenvalue weighted by molar-refractivity contribution is 5.80. The van der Waals surface area contributed by atoms with Gasteiger partial charge in [-0.25, -0.2) is 13.9 Å². The van der Waals surface area contributed by atoms with Gasteiger partial charge in [-0.3, -0.25) is 9.36 Å². The summed E-state index contributed by atoms with van der Waals surface area (Å²) in [6.45, 7) is 3.20. The summed E-state index contributed by atoms with van der Waals surface area (Å²) in [6, 6.07) is 15.5. The SMILES string of the molecule is CCN(Cc1ccccc1)C(=O)C1CCCCc2nn(Cc3cccc(F)c3)c(=O)n21. The normalized spacial score (nSPS) is 15.9. The second-order valence-electron chi connectivity index (χ2n) is 7.96. The van der Waals surface area contributed by atoms with E-state index in [-0.39, 0.29) is 24.0 Å². The molecule has 1 atom stereocenters. The minimum atomic E-state index is -0.560. The Morgan fingerprint density at radius 3 is 2.65 bits per heavy atom. The first kappa shape index (κ1) is 21.0. The minimum absolute atomic E-state index is 0.0538. The molecule has 31 heavy (non-hydrogen) atoms. The van der Waals surface area contributed by atoms with Gasteiger partial charge in [0.1, 0.15) is 17.7 Å². The van der Waals surface area contributed by atoms with E-state index in [2.05, 4.69) is 5.10 Å². The topological polar surface area (TPSA) is 60.1 Å². The van der Waals surface area contributed by atoms with Crippen LogP contribution in [0.15, 0.2) is 59.4 Å². The Morgan fingerprint density at radius 2 is 1.90 bits per heavy atom. The van der Waals surface area contributed by atoms with E-state index in [0.717, 1.165) is 18.4 Å². The Bertz CT molecular complexity index is 1110. The fourth-order valence-corrected chi connectivity index (χ4v) is 4.20. The Kier molecular flexibility index (Phi) is 6.30. The lowest BCUT2D eigenvalue weighted by atomic mass is 10.1. The summed E-state index contributed by atoms with van der Waals surface area (Å²) in [5.41, 5.74) is 1.41. The number of fused-ring (bicyclic) bond motifs is 1. The molecule has 3 aromatic rings. The van der Waals surface area contributed by atoms with Gasteiger partial charge in [0.2, 0.25) is 5.91 Å². The third-order valence-corrected chi connectivity index (χ3v) is 5.80. The van der Waals surface area contributed by atoms with Crippen LogP contribution < -0.4 is 5.69 Å². The van der Waals surface area contributed by atoms with Gasteiger partial charge in [0.15, 0.2) is 0 Å². The standard InChI is InChI=1S/C24H27FN4O2/c1-2-27(16-18-9-4-3-5-10-18)23(30)21-13-6-7-14-22-26-28(24(31)29(21)22)17-19-11-8-12-20(25)15-19/h3-5,8-12,15,21H,2,6-7,13-14,16-17H2,1H3.